The van der Waals surface area contributed by atoms with Crippen LogP contribution in [-0.4, -0.2) is 23.3 Å². The minimum absolute atomic E-state index is 0.716. The van der Waals surface area contributed by atoms with E-state index in [0.29, 0.717) is 5.92 Å². The molecule has 5 heteroatoms. The number of nitrogens with one attached hydrogen (secondary N) is 1. The molecule has 0 aliphatic carbocycles. The Morgan fingerprint density at radius 3 is 2.67 bits per heavy atom. The molecule has 1 N–H and O–H groups in total. The van der Waals surface area contributed by atoms with Gasteiger partial charge in [0.1, 0.15) is 10.0 Å². The van der Waals surface area contributed by atoms with Crippen LogP contribution >= 0.6 is 23.1 Å². The Bertz CT molecular complexity index is 511. The lowest BCUT2D eigenvalue weighted by Crippen LogP contribution is -2.21. The topological polar surface area (TPSA) is 37.8 Å². The van der Waals surface area contributed by atoms with Crippen molar-refractivity contribution < 1.29 is 0 Å². The monoisotopic (exact) mass is 321 g/mol. The van der Waals surface area contributed by atoms with Gasteiger partial charge in [0.15, 0.2) is 0 Å². The molecule has 0 spiro atoms. The van der Waals surface area contributed by atoms with Crippen LogP contribution in [0.3, 0.4) is 0 Å². The van der Waals surface area contributed by atoms with Crippen molar-refractivity contribution in [3.63, 3.8) is 0 Å². The van der Waals surface area contributed by atoms with Crippen LogP contribution < -0.4 is 5.32 Å². The average Bonchev–Trinajstić information content (AvgIpc) is 2.93. The van der Waals surface area contributed by atoms with Crippen LogP contribution in [0.25, 0.3) is 0 Å². The molecule has 0 aliphatic rings. The first-order valence-corrected chi connectivity index (χ1v) is 9.24. The first-order chi connectivity index (χ1) is 10.2. The second kappa shape index (κ2) is 9.18. The first-order valence-electron chi connectivity index (χ1n) is 7.44. The van der Waals surface area contributed by atoms with Crippen molar-refractivity contribution >= 4 is 23.1 Å². The van der Waals surface area contributed by atoms with E-state index in [-0.39, 0.29) is 0 Å². The zero-order chi connectivity index (χ0) is 14.9. The number of thioether (sulfide) groups is 1. The molecule has 0 saturated heterocycles. The second-order valence-corrected chi connectivity index (χ2v) is 7.59. The summed E-state index contributed by atoms with van der Waals surface area (Å²) in [5.74, 6) is 1.63. The number of benzene rings is 1. The normalized spacial score (nSPS) is 11.2. The first kappa shape index (κ1) is 16.5. The summed E-state index contributed by atoms with van der Waals surface area (Å²) in [4.78, 5) is 1.28. The van der Waals surface area contributed by atoms with Gasteiger partial charge in [-0.25, -0.2) is 0 Å². The van der Waals surface area contributed by atoms with Gasteiger partial charge in [0.25, 0.3) is 0 Å². The van der Waals surface area contributed by atoms with E-state index in [0.717, 1.165) is 41.7 Å². The fourth-order valence-electron chi connectivity index (χ4n) is 1.86. The van der Waals surface area contributed by atoms with Gasteiger partial charge in [0, 0.05) is 11.3 Å². The molecule has 1 heterocycles. The zero-order valence-electron chi connectivity index (χ0n) is 12.7. The molecule has 1 aromatic carbocycles. The summed E-state index contributed by atoms with van der Waals surface area (Å²) in [7, 11) is 0. The molecule has 0 fully saturated rings. The molecule has 0 atom stereocenters. The smallest absolute Gasteiger partial charge is 0.127 e. The SMILES string of the molecule is CC(C)CNCCCc1nnc(CSc2ccccc2)s1. The van der Waals surface area contributed by atoms with E-state index in [1.54, 1.807) is 11.3 Å². The summed E-state index contributed by atoms with van der Waals surface area (Å²) < 4.78 is 0. The molecule has 114 valence electrons. The molecule has 0 unspecified atom stereocenters. The van der Waals surface area contributed by atoms with E-state index in [1.807, 2.05) is 17.8 Å². The standard InChI is InChI=1S/C16H23N3S2/c1-13(2)11-17-10-6-9-15-18-19-16(21-15)12-20-14-7-4-3-5-8-14/h3-5,7-8,13,17H,6,9-12H2,1-2H3. The van der Waals surface area contributed by atoms with Crippen molar-refractivity contribution in [3.8, 4) is 0 Å². The lowest BCUT2D eigenvalue weighted by Gasteiger charge is -2.05. The van der Waals surface area contributed by atoms with E-state index in [1.165, 1.54) is 4.90 Å². The van der Waals surface area contributed by atoms with Crippen molar-refractivity contribution in [2.24, 2.45) is 5.92 Å². The van der Waals surface area contributed by atoms with Gasteiger partial charge in [-0.1, -0.05) is 32.0 Å². The number of hydrogen-bond acceptors (Lipinski definition) is 5. The summed E-state index contributed by atoms with van der Waals surface area (Å²) in [6.45, 7) is 6.61. The van der Waals surface area contributed by atoms with E-state index in [4.69, 9.17) is 0 Å². The van der Waals surface area contributed by atoms with Gasteiger partial charge in [-0.15, -0.1) is 33.3 Å². The summed E-state index contributed by atoms with van der Waals surface area (Å²) >= 11 is 3.56. The van der Waals surface area contributed by atoms with Crippen LogP contribution in [0.15, 0.2) is 35.2 Å². The number of rotatable bonds is 9. The molecule has 0 bridgehead atoms. The molecule has 2 rings (SSSR count). The van der Waals surface area contributed by atoms with Crippen LogP contribution in [-0.2, 0) is 12.2 Å². The summed E-state index contributed by atoms with van der Waals surface area (Å²) in [5.41, 5.74) is 0. The Morgan fingerprint density at radius 1 is 1.14 bits per heavy atom. The van der Waals surface area contributed by atoms with Crippen LogP contribution in [0, 0.1) is 5.92 Å². The molecule has 3 nitrogen and oxygen atoms in total. The van der Waals surface area contributed by atoms with Gasteiger partial charge in [0.2, 0.25) is 0 Å². The summed E-state index contributed by atoms with van der Waals surface area (Å²) in [6.07, 6.45) is 2.16. The fourth-order valence-corrected chi connectivity index (χ4v) is 3.66. The van der Waals surface area contributed by atoms with Crippen molar-refractivity contribution in [1.82, 2.24) is 15.5 Å². The molecule has 0 radical (unpaired) electrons. The Morgan fingerprint density at radius 2 is 1.90 bits per heavy atom. The largest absolute Gasteiger partial charge is 0.316 e. The molecule has 21 heavy (non-hydrogen) atoms. The number of aryl methyl sites for hydroxylation is 1. The molecular formula is C16H23N3S2. The Kier molecular flexibility index (Phi) is 7.19. The van der Waals surface area contributed by atoms with Gasteiger partial charge in [-0.2, -0.15) is 0 Å². The highest BCUT2D eigenvalue weighted by Crippen LogP contribution is 2.24. The maximum atomic E-state index is 4.29. The molecule has 0 aliphatic heterocycles. The molecule has 0 saturated carbocycles. The number of nitrogens with zero attached hydrogens (tertiary/aromatic N) is 2. The minimum Gasteiger partial charge on any atom is -0.316 e. The van der Waals surface area contributed by atoms with E-state index >= 15 is 0 Å². The quantitative estimate of drug-likeness (QED) is 0.559. The molecular weight excluding hydrogens is 298 g/mol. The Hall–Kier alpha value is -0.910. The molecule has 1 aromatic heterocycles. The average molecular weight is 322 g/mol. The molecule has 2 aromatic rings. The second-order valence-electron chi connectivity index (χ2n) is 5.39. The number of aromatic nitrogens is 2. The molecule has 0 amide bonds. The predicted molar refractivity (Wildman–Crippen MR) is 91.9 cm³/mol. The highest BCUT2D eigenvalue weighted by molar-refractivity contribution is 7.98. The van der Waals surface area contributed by atoms with E-state index in [2.05, 4.69) is 53.6 Å². The highest BCUT2D eigenvalue weighted by atomic mass is 32.2. The van der Waals surface area contributed by atoms with Gasteiger partial charge >= 0.3 is 0 Å². The lowest BCUT2D eigenvalue weighted by atomic mass is 10.2. The van der Waals surface area contributed by atoms with E-state index < -0.39 is 0 Å². The van der Waals surface area contributed by atoms with Gasteiger partial charge < -0.3 is 5.32 Å². The van der Waals surface area contributed by atoms with E-state index in [9.17, 15) is 0 Å². The Labute approximate surface area is 135 Å². The van der Waals surface area contributed by atoms with Gasteiger partial charge in [-0.3, -0.25) is 0 Å². The lowest BCUT2D eigenvalue weighted by molar-refractivity contribution is 0.542. The van der Waals surface area contributed by atoms with Crippen molar-refractivity contribution in [2.45, 2.75) is 37.3 Å². The van der Waals surface area contributed by atoms with Crippen LogP contribution in [0.5, 0.6) is 0 Å². The third-order valence-corrected chi connectivity index (χ3v) is 5.10. The van der Waals surface area contributed by atoms with Crippen molar-refractivity contribution in [3.05, 3.63) is 40.3 Å². The van der Waals surface area contributed by atoms with Gasteiger partial charge in [-0.05, 0) is 37.6 Å². The number of hydrogen-bond donors (Lipinski definition) is 1. The Balaban J connectivity index is 1.67. The van der Waals surface area contributed by atoms with Crippen LogP contribution in [0.1, 0.15) is 30.3 Å². The van der Waals surface area contributed by atoms with Crippen molar-refractivity contribution in [1.29, 1.82) is 0 Å². The third kappa shape index (κ3) is 6.59. The summed E-state index contributed by atoms with van der Waals surface area (Å²) in [6, 6.07) is 10.4. The van der Waals surface area contributed by atoms with Gasteiger partial charge in [0.05, 0.1) is 5.75 Å². The zero-order valence-corrected chi connectivity index (χ0v) is 14.3. The highest BCUT2D eigenvalue weighted by Gasteiger charge is 2.05. The summed E-state index contributed by atoms with van der Waals surface area (Å²) in [5, 5.41) is 14.3. The third-order valence-electron chi connectivity index (χ3n) is 2.91. The maximum Gasteiger partial charge on any atom is 0.127 e. The maximum absolute atomic E-state index is 4.29. The minimum atomic E-state index is 0.716. The fraction of sp³-hybridized carbons (Fsp3) is 0.500. The predicted octanol–water partition coefficient (Wildman–Crippen LogP) is 4.01. The van der Waals surface area contributed by atoms with Crippen LogP contribution in [0.4, 0.5) is 0 Å². The van der Waals surface area contributed by atoms with Crippen molar-refractivity contribution in [2.75, 3.05) is 13.1 Å². The van der Waals surface area contributed by atoms with Crippen LogP contribution in [0.2, 0.25) is 0 Å².